The van der Waals surface area contributed by atoms with Crippen LogP contribution in [0.2, 0.25) is 0 Å². The Morgan fingerprint density at radius 3 is 2.00 bits per heavy atom. The number of hydrogen-bond donors (Lipinski definition) is 3. The summed E-state index contributed by atoms with van der Waals surface area (Å²) in [7, 11) is 0. The molecule has 3 atom stereocenters. The van der Waals surface area contributed by atoms with Crippen LogP contribution in [0, 0.1) is 20.2 Å². The van der Waals surface area contributed by atoms with Gasteiger partial charge in [-0.15, -0.1) is 0 Å². The number of β-amino-alcohol motifs (C(OH)–C–C–N with tert-alkyl or cyclic N) is 1. The van der Waals surface area contributed by atoms with Crippen molar-refractivity contribution < 1.29 is 39.1 Å². The second-order valence-electron chi connectivity index (χ2n) is 10.7. The number of ether oxygens (including phenoxy) is 2. The van der Waals surface area contributed by atoms with Crippen LogP contribution in [0.1, 0.15) is 34.8 Å². The van der Waals surface area contributed by atoms with Crippen LogP contribution < -0.4 is 5.32 Å². The molecule has 0 spiro atoms. The Balaban J connectivity index is 1.24. The zero-order chi connectivity index (χ0) is 32.8. The number of carbonyl (C=O) groups is 2. The van der Waals surface area contributed by atoms with Crippen LogP contribution in [0.5, 0.6) is 0 Å². The first-order valence-electron chi connectivity index (χ1n) is 14.3. The van der Waals surface area contributed by atoms with Crippen LogP contribution in [0.3, 0.4) is 0 Å². The molecular weight excluding hydrogens is 600 g/mol. The Hall–Kier alpha value is -5.60. The molecule has 4 aromatic rings. The molecule has 0 radical (unpaired) electrons. The van der Waals surface area contributed by atoms with E-state index < -0.39 is 40.3 Å². The van der Waals surface area contributed by atoms with Gasteiger partial charge in [-0.05, 0) is 63.7 Å². The van der Waals surface area contributed by atoms with Gasteiger partial charge in [-0.3, -0.25) is 25.1 Å². The molecule has 0 bridgehead atoms. The van der Waals surface area contributed by atoms with Crippen molar-refractivity contribution in [3.63, 3.8) is 0 Å². The van der Waals surface area contributed by atoms with Crippen molar-refractivity contribution in [2.75, 3.05) is 6.54 Å². The van der Waals surface area contributed by atoms with Crippen molar-refractivity contribution >= 4 is 34.3 Å². The van der Waals surface area contributed by atoms with Crippen molar-refractivity contribution in [2.24, 2.45) is 0 Å². The molecule has 238 valence electrons. The zero-order valence-electron chi connectivity index (χ0n) is 24.4. The molecule has 46 heavy (non-hydrogen) atoms. The number of amides is 2. The first kappa shape index (κ1) is 31.8. The largest absolute Gasteiger partial charge is 0.445 e. The molecule has 1 fully saturated rings. The van der Waals surface area contributed by atoms with E-state index in [-0.39, 0.29) is 44.1 Å². The molecule has 0 saturated carbocycles. The van der Waals surface area contributed by atoms with Gasteiger partial charge in [0.2, 0.25) is 0 Å². The van der Waals surface area contributed by atoms with Gasteiger partial charge < -0.3 is 25.0 Å². The molecule has 0 aromatic heterocycles. The number of fused-ring (bicyclic) bond motifs is 1. The first-order chi connectivity index (χ1) is 22.1. The summed E-state index contributed by atoms with van der Waals surface area (Å²) in [6.45, 7) is -0.148. The SMILES string of the molecule is O=C(NCc1ccc(C(O)[C@@H]2C[C@@H](O)CN2C(=O)OCc2ccc([N+](=O)[O-])cc2)c2ccccc12)OCc1ccc([N+](=O)[O-])cc1. The summed E-state index contributed by atoms with van der Waals surface area (Å²) >= 11 is 0. The summed E-state index contributed by atoms with van der Waals surface area (Å²) in [5.74, 6) is 0. The monoisotopic (exact) mass is 630 g/mol. The minimum absolute atomic E-state index is 0.0389. The standard InChI is InChI=1S/C32H30N4O10/c37-25-15-29(34(17-25)32(40)46-19-21-7-12-24(13-8-21)36(43)44)30(38)28-14-9-22(26-3-1-2-4-27(26)28)16-33-31(39)45-18-20-5-10-23(11-6-20)35(41)42/h1-14,25,29-30,37-38H,15-19H2,(H,33,39)/t25-,29+,30?/m1/s1. The van der Waals surface area contributed by atoms with Gasteiger partial charge in [-0.25, -0.2) is 9.59 Å². The number of nitrogens with one attached hydrogen (secondary N) is 1. The Morgan fingerprint density at radius 2 is 1.41 bits per heavy atom. The molecule has 14 heteroatoms. The van der Waals surface area contributed by atoms with Crippen LogP contribution in [0.15, 0.2) is 84.9 Å². The Labute approximate surface area is 262 Å². The molecule has 14 nitrogen and oxygen atoms in total. The molecule has 2 amide bonds. The number of likely N-dealkylation sites (tertiary alicyclic amines) is 1. The Kier molecular flexibility index (Phi) is 9.69. The third kappa shape index (κ3) is 7.36. The van der Waals surface area contributed by atoms with Crippen LogP contribution in [-0.2, 0) is 29.2 Å². The van der Waals surface area contributed by atoms with Crippen molar-refractivity contribution in [3.05, 3.63) is 127 Å². The van der Waals surface area contributed by atoms with Gasteiger partial charge in [0.1, 0.15) is 19.3 Å². The van der Waals surface area contributed by atoms with E-state index in [1.807, 2.05) is 18.2 Å². The van der Waals surface area contributed by atoms with E-state index >= 15 is 0 Å². The van der Waals surface area contributed by atoms with Crippen LogP contribution in [-0.4, -0.2) is 55.8 Å². The fourth-order valence-corrected chi connectivity index (χ4v) is 5.38. The second-order valence-corrected chi connectivity index (χ2v) is 10.7. The Bertz CT molecular complexity index is 1750. The number of alkyl carbamates (subject to hydrolysis) is 1. The lowest BCUT2D eigenvalue weighted by atomic mass is 9.92. The summed E-state index contributed by atoms with van der Waals surface area (Å²) < 4.78 is 10.7. The van der Waals surface area contributed by atoms with Gasteiger partial charge >= 0.3 is 12.2 Å². The van der Waals surface area contributed by atoms with Gasteiger partial charge in [0.15, 0.2) is 0 Å². The molecule has 5 rings (SSSR count). The number of nitro groups is 2. The van der Waals surface area contributed by atoms with Crippen molar-refractivity contribution in [2.45, 2.75) is 44.4 Å². The van der Waals surface area contributed by atoms with Crippen LogP contribution >= 0.6 is 0 Å². The lowest BCUT2D eigenvalue weighted by Crippen LogP contribution is -2.39. The zero-order valence-corrected chi connectivity index (χ0v) is 24.4. The molecule has 1 aliphatic rings. The highest BCUT2D eigenvalue weighted by Crippen LogP contribution is 2.35. The number of aliphatic hydroxyl groups is 2. The third-order valence-electron chi connectivity index (χ3n) is 7.74. The lowest BCUT2D eigenvalue weighted by molar-refractivity contribution is -0.385. The third-order valence-corrected chi connectivity index (χ3v) is 7.74. The molecule has 1 saturated heterocycles. The second kappa shape index (κ2) is 14.0. The first-order valence-corrected chi connectivity index (χ1v) is 14.3. The van der Waals surface area contributed by atoms with E-state index in [9.17, 15) is 40.0 Å². The number of non-ortho nitro benzene ring substituents is 2. The fraction of sp³-hybridized carbons (Fsp3) is 0.250. The van der Waals surface area contributed by atoms with Gasteiger partial charge in [-0.2, -0.15) is 0 Å². The van der Waals surface area contributed by atoms with Crippen molar-refractivity contribution in [1.82, 2.24) is 10.2 Å². The summed E-state index contributed by atoms with van der Waals surface area (Å²) in [4.78, 5) is 47.4. The number of aliphatic hydroxyl groups excluding tert-OH is 2. The molecule has 3 N–H and O–H groups in total. The highest BCUT2D eigenvalue weighted by Gasteiger charge is 2.40. The van der Waals surface area contributed by atoms with E-state index in [0.29, 0.717) is 22.1 Å². The molecular formula is C32H30N4O10. The predicted octanol–water partition coefficient (Wildman–Crippen LogP) is 4.89. The average Bonchev–Trinajstić information content (AvgIpc) is 3.46. The fourth-order valence-electron chi connectivity index (χ4n) is 5.38. The summed E-state index contributed by atoms with van der Waals surface area (Å²) in [5, 5.41) is 47.7. The van der Waals surface area contributed by atoms with Crippen LogP contribution in [0.4, 0.5) is 21.0 Å². The maximum atomic E-state index is 13.0. The van der Waals surface area contributed by atoms with Crippen molar-refractivity contribution in [1.29, 1.82) is 0 Å². The average molecular weight is 631 g/mol. The topological polar surface area (TPSA) is 195 Å². The van der Waals surface area contributed by atoms with Crippen LogP contribution in [0.25, 0.3) is 10.8 Å². The maximum absolute atomic E-state index is 13.0. The minimum atomic E-state index is -1.18. The smallest absolute Gasteiger partial charge is 0.410 e. The number of hydrogen-bond acceptors (Lipinski definition) is 10. The highest BCUT2D eigenvalue weighted by molar-refractivity contribution is 5.89. The number of benzene rings is 4. The lowest BCUT2D eigenvalue weighted by Gasteiger charge is -2.29. The van der Waals surface area contributed by atoms with E-state index in [1.54, 1.807) is 18.2 Å². The number of nitro benzene ring substituents is 2. The highest BCUT2D eigenvalue weighted by atomic mass is 16.6. The number of nitrogens with zero attached hydrogens (tertiary/aromatic N) is 3. The van der Waals surface area contributed by atoms with Crippen molar-refractivity contribution in [3.8, 4) is 0 Å². The predicted molar refractivity (Wildman–Crippen MR) is 163 cm³/mol. The van der Waals surface area contributed by atoms with E-state index in [0.717, 1.165) is 10.9 Å². The van der Waals surface area contributed by atoms with E-state index in [1.165, 1.54) is 53.4 Å². The Morgan fingerprint density at radius 1 is 0.848 bits per heavy atom. The van der Waals surface area contributed by atoms with Gasteiger partial charge in [0.25, 0.3) is 11.4 Å². The molecule has 1 heterocycles. The van der Waals surface area contributed by atoms with E-state index in [2.05, 4.69) is 5.32 Å². The molecule has 4 aromatic carbocycles. The molecule has 1 aliphatic heterocycles. The quantitative estimate of drug-likeness (QED) is 0.160. The molecule has 1 unspecified atom stereocenters. The maximum Gasteiger partial charge on any atom is 0.410 e. The summed E-state index contributed by atoms with van der Waals surface area (Å²) in [6.07, 6.45) is -3.36. The summed E-state index contributed by atoms with van der Waals surface area (Å²) in [6, 6.07) is 21.2. The number of rotatable bonds is 10. The normalized spacial score (nSPS) is 16.5. The minimum Gasteiger partial charge on any atom is -0.445 e. The number of carbonyl (C=O) groups excluding carboxylic acids is 2. The van der Waals surface area contributed by atoms with Gasteiger partial charge in [0, 0.05) is 30.8 Å². The van der Waals surface area contributed by atoms with E-state index in [4.69, 9.17) is 9.47 Å². The van der Waals surface area contributed by atoms with Gasteiger partial charge in [-0.1, -0.05) is 36.4 Å². The summed E-state index contributed by atoms with van der Waals surface area (Å²) in [5.41, 5.74) is 2.24. The molecule has 0 aliphatic carbocycles. The van der Waals surface area contributed by atoms with Gasteiger partial charge in [0.05, 0.1) is 28.5 Å².